The van der Waals surface area contributed by atoms with E-state index in [0.717, 1.165) is 30.6 Å². The lowest BCUT2D eigenvalue weighted by Crippen LogP contribution is -2.57. The predicted octanol–water partition coefficient (Wildman–Crippen LogP) is 10.3. The van der Waals surface area contributed by atoms with Crippen molar-refractivity contribution in [1.82, 2.24) is 5.32 Å². The maximum absolute atomic E-state index is 13.6. The van der Waals surface area contributed by atoms with E-state index in [-0.39, 0.29) is 28.9 Å². The zero-order valence-electron chi connectivity index (χ0n) is 29.2. The normalized spacial score (nSPS) is 44.4. The number of carbonyl (C=O) groups excluding carboxylic acids is 1. The first-order valence-corrected chi connectivity index (χ1v) is 18.6. The molecule has 43 heavy (non-hydrogen) atoms. The Morgan fingerprint density at radius 3 is 2.44 bits per heavy atom. The summed E-state index contributed by atoms with van der Waals surface area (Å²) in [7, 11) is 0. The summed E-state index contributed by atoms with van der Waals surface area (Å²) in [4.78, 5) is 13.6. The van der Waals surface area contributed by atoms with Gasteiger partial charge < -0.3 is 10.1 Å². The van der Waals surface area contributed by atoms with Gasteiger partial charge in [-0.15, -0.1) is 0 Å². The Morgan fingerprint density at radius 1 is 0.907 bits per heavy atom. The van der Waals surface area contributed by atoms with Crippen LogP contribution in [0.4, 0.5) is 0 Å². The monoisotopic (exact) mass is 592 g/mol. The van der Waals surface area contributed by atoms with E-state index in [1.54, 1.807) is 0 Å². The van der Waals surface area contributed by atoms with Gasteiger partial charge in [0.2, 0.25) is 0 Å². The highest BCUT2D eigenvalue weighted by atomic mass is 16.5. The van der Waals surface area contributed by atoms with E-state index in [1.165, 1.54) is 95.5 Å². The first-order chi connectivity index (χ1) is 20.3. The van der Waals surface area contributed by atoms with Gasteiger partial charge in [0.1, 0.15) is 12.1 Å². The molecule has 0 amide bonds. The molecular weight excluding hydrogens is 526 g/mol. The lowest BCUT2D eigenvalue weighted by atomic mass is 9.43. The van der Waals surface area contributed by atoms with Gasteiger partial charge in [0, 0.05) is 11.5 Å². The van der Waals surface area contributed by atoms with Gasteiger partial charge in [-0.25, -0.2) is 0 Å². The molecule has 6 rings (SSSR count). The van der Waals surface area contributed by atoms with Gasteiger partial charge in [-0.2, -0.15) is 0 Å². The van der Waals surface area contributed by atoms with Gasteiger partial charge in [-0.1, -0.05) is 77.2 Å². The van der Waals surface area contributed by atoms with Gasteiger partial charge in [0.05, 0.1) is 0 Å². The van der Waals surface area contributed by atoms with Crippen LogP contribution >= 0.6 is 0 Å². The van der Waals surface area contributed by atoms with Gasteiger partial charge in [0.15, 0.2) is 0 Å². The number of rotatable bonds is 6. The number of nitrogens with one attached hydrogen (secondary N) is 1. The molecule has 1 saturated heterocycles. The first kappa shape index (κ1) is 31.9. The molecule has 3 nitrogen and oxygen atoms in total. The van der Waals surface area contributed by atoms with Crippen LogP contribution in [-0.4, -0.2) is 24.2 Å². The van der Waals surface area contributed by atoms with Crippen LogP contribution in [0.3, 0.4) is 0 Å². The predicted molar refractivity (Wildman–Crippen MR) is 179 cm³/mol. The highest BCUT2D eigenvalue weighted by molar-refractivity contribution is 5.76. The molecule has 0 aromatic rings. The van der Waals surface area contributed by atoms with Crippen molar-refractivity contribution in [1.29, 1.82) is 0 Å². The third kappa shape index (κ3) is 5.22. The van der Waals surface area contributed by atoms with Crippen LogP contribution in [-0.2, 0) is 9.53 Å². The number of hydrogen-bond acceptors (Lipinski definition) is 3. The summed E-state index contributed by atoms with van der Waals surface area (Å²) < 4.78 is 6.53. The largest absolute Gasteiger partial charge is 0.461 e. The maximum atomic E-state index is 13.6. The minimum absolute atomic E-state index is 0.00252. The van der Waals surface area contributed by atoms with Crippen LogP contribution in [0.5, 0.6) is 0 Å². The number of ether oxygens (including phenoxy) is 1. The molecule has 1 heterocycles. The Bertz CT molecular complexity index is 1130. The third-order valence-corrected chi connectivity index (χ3v) is 15.3. The molecule has 0 radical (unpaired) electrons. The molecule has 0 bridgehead atoms. The minimum atomic E-state index is -0.0974. The second-order valence-corrected chi connectivity index (χ2v) is 17.9. The van der Waals surface area contributed by atoms with Crippen molar-refractivity contribution in [3.8, 4) is 0 Å². The fraction of sp³-hybridized carbons (Fsp3) is 0.875. The summed E-state index contributed by atoms with van der Waals surface area (Å²) in [5, 5.41) is 3.74. The first-order valence-electron chi connectivity index (χ1n) is 18.6. The van der Waals surface area contributed by atoms with Crippen molar-refractivity contribution in [3.63, 3.8) is 0 Å². The van der Waals surface area contributed by atoms with E-state index in [1.807, 2.05) is 11.1 Å². The summed E-state index contributed by atoms with van der Waals surface area (Å²) in [6, 6.07) is 0.431. The average Bonchev–Trinajstić information content (AvgIpc) is 3.25. The van der Waals surface area contributed by atoms with E-state index in [2.05, 4.69) is 66.8 Å². The number of hydrogen-bond donors (Lipinski definition) is 1. The van der Waals surface area contributed by atoms with E-state index < -0.39 is 0 Å². The van der Waals surface area contributed by atoms with Crippen molar-refractivity contribution in [3.05, 3.63) is 22.8 Å². The van der Waals surface area contributed by atoms with E-state index in [0.29, 0.717) is 22.8 Å². The smallest absolute Gasteiger partial charge is 0.323 e. The molecule has 242 valence electrons. The molecule has 4 fully saturated rings. The standard InChI is InChI=1S/C40H65NO2/c1-26(2)12-11-13-27(3)29-20-24-40(8)31-17-19-34-37(4,5)35(22-23-38(34,6)30(31)21-25-39(29,40)7)43-36(42)33-18-16-28-14-9-10-15-32(28)41-33/h12,27-29,32-35,41H,9-11,13-25H2,1-8H3/t27-,28?,29-,32?,33?,34?,35+,38-,39-,40+/m1/s1. The molecule has 10 atom stereocenters. The molecule has 3 saturated carbocycles. The Morgan fingerprint density at radius 2 is 1.67 bits per heavy atom. The van der Waals surface area contributed by atoms with Crippen molar-refractivity contribution in [2.24, 2.45) is 45.3 Å². The van der Waals surface area contributed by atoms with Crippen molar-refractivity contribution < 1.29 is 9.53 Å². The van der Waals surface area contributed by atoms with Crippen LogP contribution in [0.2, 0.25) is 0 Å². The van der Waals surface area contributed by atoms with E-state index in [9.17, 15) is 4.79 Å². The lowest BCUT2D eigenvalue weighted by Gasteiger charge is -2.62. The molecule has 1 aliphatic heterocycles. The second-order valence-electron chi connectivity index (χ2n) is 17.9. The number of carbonyl (C=O) groups is 1. The molecular formula is C40H65NO2. The molecule has 5 aliphatic carbocycles. The minimum Gasteiger partial charge on any atom is -0.461 e. The number of piperidine rings is 1. The molecule has 3 heteroatoms. The lowest BCUT2D eigenvalue weighted by molar-refractivity contribution is -0.173. The highest BCUT2D eigenvalue weighted by Crippen LogP contribution is 2.72. The summed E-state index contributed by atoms with van der Waals surface area (Å²) >= 11 is 0. The Kier molecular flexibility index (Phi) is 8.61. The molecule has 1 N–H and O–H groups in total. The van der Waals surface area contributed by atoms with Crippen LogP contribution in [0.25, 0.3) is 0 Å². The van der Waals surface area contributed by atoms with Crippen molar-refractivity contribution in [2.75, 3.05) is 0 Å². The fourth-order valence-electron chi connectivity index (χ4n) is 12.6. The Hall–Kier alpha value is -1.09. The quantitative estimate of drug-likeness (QED) is 0.247. The fourth-order valence-corrected chi connectivity index (χ4v) is 12.6. The van der Waals surface area contributed by atoms with Crippen LogP contribution < -0.4 is 5.32 Å². The topological polar surface area (TPSA) is 38.3 Å². The van der Waals surface area contributed by atoms with Gasteiger partial charge >= 0.3 is 5.97 Å². The molecule has 0 aromatic carbocycles. The van der Waals surface area contributed by atoms with Crippen molar-refractivity contribution >= 4 is 5.97 Å². The van der Waals surface area contributed by atoms with E-state index in [4.69, 9.17) is 4.74 Å². The van der Waals surface area contributed by atoms with Crippen LogP contribution in [0.1, 0.15) is 158 Å². The SMILES string of the molecule is CC(C)=CCC[C@@H](C)[C@H]1CC[C@@]2(C)C3=C(CC[C@]12C)[C@@]1(C)CC[C@H](OC(=O)C2CCC4CCCCC4N2)C(C)(C)C1CC3. The summed E-state index contributed by atoms with van der Waals surface area (Å²) in [5.74, 6) is 3.03. The van der Waals surface area contributed by atoms with Crippen LogP contribution in [0, 0.1) is 45.3 Å². The van der Waals surface area contributed by atoms with Gasteiger partial charge in [-0.05, 0) is 144 Å². The summed E-state index contributed by atoms with van der Waals surface area (Å²) in [6.45, 7) is 19.9. The molecule has 0 spiro atoms. The Balaban J connectivity index is 1.17. The second kappa shape index (κ2) is 11.6. The number of fused-ring (bicyclic) bond motifs is 5. The number of esters is 1. The Labute approximate surface area is 264 Å². The zero-order chi connectivity index (χ0) is 30.8. The molecule has 0 aromatic heterocycles. The van der Waals surface area contributed by atoms with E-state index >= 15 is 0 Å². The number of allylic oxidation sites excluding steroid dienone is 4. The van der Waals surface area contributed by atoms with Gasteiger partial charge in [0.25, 0.3) is 0 Å². The van der Waals surface area contributed by atoms with Crippen molar-refractivity contribution in [2.45, 2.75) is 176 Å². The summed E-state index contributed by atoms with van der Waals surface area (Å²) in [6.07, 6.45) is 22.6. The highest BCUT2D eigenvalue weighted by Gasteiger charge is 2.63. The maximum Gasteiger partial charge on any atom is 0.323 e. The molecule has 6 aliphatic rings. The average molecular weight is 592 g/mol. The molecule has 4 unspecified atom stereocenters. The summed E-state index contributed by atoms with van der Waals surface area (Å²) in [5.41, 5.74) is 6.20. The third-order valence-electron chi connectivity index (χ3n) is 15.3. The zero-order valence-corrected chi connectivity index (χ0v) is 29.2. The van der Waals surface area contributed by atoms with Gasteiger partial charge in [-0.3, -0.25) is 4.79 Å². The van der Waals surface area contributed by atoms with Crippen LogP contribution in [0.15, 0.2) is 22.8 Å².